The van der Waals surface area contributed by atoms with Crippen molar-refractivity contribution in [3.05, 3.63) is 54.4 Å². The molecule has 2 fully saturated rings. The number of hydrogen-bond acceptors (Lipinski definition) is 5. The molecule has 2 aliphatic rings. The molecular weight excluding hydrogens is 465 g/mol. The van der Waals surface area contributed by atoms with Crippen LogP contribution < -0.4 is 10.1 Å². The molecule has 3 heterocycles. The van der Waals surface area contributed by atoms with E-state index >= 15 is 0 Å². The van der Waals surface area contributed by atoms with Gasteiger partial charge in [0.2, 0.25) is 11.8 Å². The first-order valence-electron chi connectivity index (χ1n) is 11.0. The van der Waals surface area contributed by atoms with Crippen molar-refractivity contribution in [2.45, 2.75) is 44.8 Å². The molecule has 182 valence electrons. The van der Waals surface area contributed by atoms with Gasteiger partial charge in [-0.3, -0.25) is 14.4 Å². The van der Waals surface area contributed by atoms with Gasteiger partial charge in [0.25, 0.3) is 0 Å². The Morgan fingerprint density at radius 2 is 1.97 bits per heavy atom. The summed E-state index contributed by atoms with van der Waals surface area (Å²) in [4.78, 5) is 44.2. The molecule has 1 N–H and O–H groups in total. The third kappa shape index (κ3) is 4.58. The number of fused-ring (bicyclic) bond motifs is 2. The van der Waals surface area contributed by atoms with Gasteiger partial charge in [-0.15, -0.1) is 13.2 Å². The van der Waals surface area contributed by atoms with Gasteiger partial charge in [0.05, 0.1) is 0 Å². The van der Waals surface area contributed by atoms with Gasteiger partial charge >= 0.3 is 6.36 Å². The monoisotopic (exact) mass is 486 g/mol. The summed E-state index contributed by atoms with van der Waals surface area (Å²) in [6, 6.07) is 7.67. The number of pyridine rings is 1. The highest BCUT2D eigenvalue weighted by molar-refractivity contribution is 6.06. The summed E-state index contributed by atoms with van der Waals surface area (Å²) in [6.07, 6.45) is -0.400. The van der Waals surface area contributed by atoms with Crippen molar-refractivity contribution >= 4 is 34.3 Å². The molecule has 2 amide bonds. The van der Waals surface area contributed by atoms with Gasteiger partial charge in [0.15, 0.2) is 5.78 Å². The fourth-order valence-corrected chi connectivity index (χ4v) is 4.80. The van der Waals surface area contributed by atoms with Gasteiger partial charge in [-0.2, -0.15) is 0 Å². The number of carbonyl (C=O) groups excluding carboxylic acids is 3. The predicted molar refractivity (Wildman–Crippen MR) is 119 cm³/mol. The number of anilines is 1. The second-order valence-electron chi connectivity index (χ2n) is 8.78. The van der Waals surface area contributed by atoms with Crippen LogP contribution in [0.2, 0.25) is 0 Å². The van der Waals surface area contributed by atoms with Gasteiger partial charge in [-0.1, -0.05) is 6.07 Å². The molecule has 3 aromatic rings. The molecule has 0 unspecified atom stereocenters. The fraction of sp³-hybridized carbons (Fsp3) is 0.333. The second kappa shape index (κ2) is 8.40. The number of hydrogen-bond donors (Lipinski definition) is 1. The van der Waals surface area contributed by atoms with Crippen LogP contribution in [0.1, 0.15) is 30.1 Å². The molecule has 35 heavy (non-hydrogen) atoms. The number of nitrogens with zero attached hydrogens (tertiary/aromatic N) is 3. The van der Waals surface area contributed by atoms with E-state index < -0.39 is 24.1 Å². The quantitative estimate of drug-likeness (QED) is 0.536. The zero-order valence-electron chi connectivity index (χ0n) is 18.6. The van der Waals surface area contributed by atoms with E-state index in [1.165, 1.54) is 19.1 Å². The molecule has 3 atom stereocenters. The Labute approximate surface area is 197 Å². The lowest BCUT2D eigenvalue weighted by Gasteiger charge is -2.27. The van der Waals surface area contributed by atoms with E-state index in [0.29, 0.717) is 23.0 Å². The SMILES string of the molecule is CC(=O)c1cn(CC(=O)N2[C@@H]3C[C@@H]3C[C@H]2C(=O)Nc2cccc(OC(F)(F)F)c2)c2ncccc12. The minimum Gasteiger partial charge on any atom is -0.406 e. The number of ether oxygens (including phenoxy) is 1. The standard InChI is InChI=1S/C24H21F3N4O4/c1-13(32)18-11-30(22-17(18)6-3-7-28-22)12-21(33)31-19-8-14(19)9-20(31)23(34)29-15-4-2-5-16(10-15)35-24(25,26)27/h2-7,10-11,14,19-20H,8-9,12H2,1H3,(H,29,34)/t14-,19-,20+/m1/s1. The third-order valence-corrected chi connectivity index (χ3v) is 6.35. The predicted octanol–water partition coefficient (Wildman–Crippen LogP) is 3.77. The lowest BCUT2D eigenvalue weighted by atomic mass is 10.1. The van der Waals surface area contributed by atoms with Crippen molar-refractivity contribution in [3.63, 3.8) is 0 Å². The molecular formula is C24H21F3N4O4. The normalized spacial score (nSPS) is 21.0. The molecule has 8 nitrogen and oxygen atoms in total. The van der Waals surface area contributed by atoms with E-state index in [1.807, 2.05) is 0 Å². The van der Waals surface area contributed by atoms with Crippen LogP contribution in [0, 0.1) is 5.92 Å². The van der Waals surface area contributed by atoms with E-state index in [4.69, 9.17) is 0 Å². The Kier molecular flexibility index (Phi) is 5.49. The van der Waals surface area contributed by atoms with Gasteiger partial charge in [0.1, 0.15) is 24.0 Å². The number of amides is 2. The summed E-state index contributed by atoms with van der Waals surface area (Å²) in [7, 11) is 0. The molecule has 0 bridgehead atoms. The highest BCUT2D eigenvalue weighted by Gasteiger charge is 2.56. The second-order valence-corrected chi connectivity index (χ2v) is 8.78. The average molecular weight is 486 g/mol. The van der Waals surface area contributed by atoms with Crippen LogP contribution in [-0.4, -0.2) is 50.5 Å². The van der Waals surface area contributed by atoms with Crippen molar-refractivity contribution in [2.24, 2.45) is 5.92 Å². The first-order valence-corrected chi connectivity index (χ1v) is 11.0. The molecule has 5 rings (SSSR count). The van der Waals surface area contributed by atoms with Crippen molar-refractivity contribution in [3.8, 4) is 5.75 Å². The van der Waals surface area contributed by atoms with Gasteiger partial charge < -0.3 is 19.5 Å². The number of alkyl halides is 3. The van der Waals surface area contributed by atoms with Gasteiger partial charge in [-0.05, 0) is 49.9 Å². The first-order chi connectivity index (χ1) is 16.6. The van der Waals surface area contributed by atoms with Crippen molar-refractivity contribution in [1.29, 1.82) is 0 Å². The molecule has 0 radical (unpaired) electrons. The Morgan fingerprint density at radius 1 is 1.17 bits per heavy atom. The molecule has 2 aromatic heterocycles. The molecule has 11 heteroatoms. The van der Waals surface area contributed by atoms with E-state index in [-0.39, 0.29) is 35.9 Å². The maximum atomic E-state index is 13.3. The molecule has 1 saturated carbocycles. The number of likely N-dealkylation sites (tertiary alicyclic amines) is 1. The maximum absolute atomic E-state index is 13.3. The molecule has 1 saturated heterocycles. The number of ketones is 1. The van der Waals surface area contributed by atoms with Crippen molar-refractivity contribution < 1.29 is 32.3 Å². The highest BCUT2D eigenvalue weighted by atomic mass is 19.4. The van der Waals surface area contributed by atoms with E-state index in [0.717, 1.165) is 18.6 Å². The number of rotatable bonds is 6. The van der Waals surface area contributed by atoms with E-state index in [9.17, 15) is 27.6 Å². The van der Waals surface area contributed by atoms with Crippen molar-refractivity contribution in [1.82, 2.24) is 14.5 Å². The average Bonchev–Trinajstić information content (AvgIpc) is 3.28. The fourth-order valence-electron chi connectivity index (χ4n) is 4.80. The Hall–Kier alpha value is -3.89. The minimum absolute atomic E-state index is 0.0554. The summed E-state index contributed by atoms with van der Waals surface area (Å²) < 4.78 is 43.1. The van der Waals surface area contributed by atoms with E-state index in [2.05, 4.69) is 15.0 Å². The van der Waals surface area contributed by atoms with E-state index in [1.54, 1.807) is 34.0 Å². The summed E-state index contributed by atoms with van der Waals surface area (Å²) >= 11 is 0. The van der Waals surface area contributed by atoms with Crippen LogP contribution in [0.15, 0.2) is 48.8 Å². The number of benzene rings is 1. The van der Waals surface area contributed by atoms with Crippen LogP contribution in [0.25, 0.3) is 11.0 Å². The van der Waals surface area contributed by atoms with Crippen LogP contribution in [0.4, 0.5) is 18.9 Å². The minimum atomic E-state index is -4.85. The van der Waals surface area contributed by atoms with Crippen LogP contribution in [-0.2, 0) is 16.1 Å². The number of aromatic nitrogens is 2. The number of piperidine rings is 1. The summed E-state index contributed by atoms with van der Waals surface area (Å²) in [5.74, 6) is -1.16. The van der Waals surface area contributed by atoms with Crippen LogP contribution in [0.3, 0.4) is 0 Å². The number of carbonyl (C=O) groups is 3. The zero-order chi connectivity index (χ0) is 24.9. The van der Waals surface area contributed by atoms with Gasteiger partial charge in [0, 0.05) is 41.1 Å². The highest BCUT2D eigenvalue weighted by Crippen LogP contribution is 2.48. The lowest BCUT2D eigenvalue weighted by molar-refractivity contribution is -0.274. The maximum Gasteiger partial charge on any atom is 0.573 e. The Balaban J connectivity index is 1.33. The largest absolute Gasteiger partial charge is 0.573 e. The number of Topliss-reactive ketones (excluding diaryl/α,β-unsaturated/α-hetero) is 1. The summed E-state index contributed by atoms with van der Waals surface area (Å²) in [6.45, 7) is 1.35. The molecule has 1 aliphatic carbocycles. The van der Waals surface area contributed by atoms with Crippen molar-refractivity contribution in [2.75, 3.05) is 5.32 Å². The third-order valence-electron chi connectivity index (χ3n) is 6.35. The Bertz CT molecular complexity index is 1340. The zero-order valence-corrected chi connectivity index (χ0v) is 18.6. The lowest BCUT2D eigenvalue weighted by Crippen LogP contribution is -2.46. The smallest absolute Gasteiger partial charge is 0.406 e. The molecule has 0 spiro atoms. The topological polar surface area (TPSA) is 93.5 Å². The van der Waals surface area contributed by atoms with Gasteiger partial charge in [-0.25, -0.2) is 4.98 Å². The summed E-state index contributed by atoms with van der Waals surface area (Å²) in [5.41, 5.74) is 1.10. The van der Waals surface area contributed by atoms with Crippen LogP contribution >= 0.6 is 0 Å². The number of nitrogens with one attached hydrogen (secondary N) is 1. The van der Waals surface area contributed by atoms with Crippen LogP contribution in [0.5, 0.6) is 5.75 Å². The number of halogens is 3. The Morgan fingerprint density at radius 3 is 2.71 bits per heavy atom. The molecule has 1 aromatic carbocycles. The summed E-state index contributed by atoms with van der Waals surface area (Å²) in [5, 5.41) is 3.25. The molecule has 1 aliphatic heterocycles. The first kappa shape index (κ1) is 22.9.